The van der Waals surface area contributed by atoms with E-state index < -0.39 is 0 Å². The number of benzene rings is 1. The standard InChI is InChI=1S/C11H13NSe/c1-2-6-11(12-9-13)10-7-4-3-5-8-10/h3-5,7-8,11H,2,6H2,1H3. The topological polar surface area (TPSA) is 12.4 Å². The summed E-state index contributed by atoms with van der Waals surface area (Å²) in [6, 6.07) is 10.6. The van der Waals surface area contributed by atoms with Gasteiger partial charge in [0.2, 0.25) is 0 Å². The van der Waals surface area contributed by atoms with Gasteiger partial charge >= 0.3 is 87.0 Å². The molecule has 0 bridgehead atoms. The molecule has 2 heteroatoms. The molecule has 0 radical (unpaired) electrons. The van der Waals surface area contributed by atoms with Crippen molar-refractivity contribution in [3.8, 4) is 0 Å². The Kier molecular flexibility index (Phi) is 4.70. The zero-order chi connectivity index (χ0) is 9.52. The van der Waals surface area contributed by atoms with Gasteiger partial charge in [-0.1, -0.05) is 0 Å². The number of nitrogens with zero attached hydrogens (tertiary/aromatic N) is 1. The first-order valence-electron chi connectivity index (χ1n) is 4.50. The predicted molar refractivity (Wildman–Crippen MR) is 57.3 cm³/mol. The van der Waals surface area contributed by atoms with Crippen molar-refractivity contribution in [1.82, 2.24) is 0 Å². The molecule has 0 N–H and O–H groups in total. The number of aliphatic imine (C=N–C) groups is 1. The quantitative estimate of drug-likeness (QED) is 0.564. The molecule has 0 aromatic heterocycles. The van der Waals surface area contributed by atoms with Crippen molar-refractivity contribution in [2.24, 2.45) is 4.99 Å². The summed E-state index contributed by atoms with van der Waals surface area (Å²) in [6.07, 6.45) is 2.23. The van der Waals surface area contributed by atoms with E-state index in [0.29, 0.717) is 0 Å². The minimum atomic E-state index is 0.271. The third kappa shape index (κ3) is 3.28. The summed E-state index contributed by atoms with van der Waals surface area (Å²) >= 11 is 2.68. The molecule has 1 rings (SSSR count). The molecule has 1 aromatic rings. The van der Waals surface area contributed by atoms with E-state index >= 15 is 0 Å². The number of rotatable bonds is 4. The fourth-order valence-corrected chi connectivity index (χ4v) is 1.58. The molecule has 0 saturated heterocycles. The van der Waals surface area contributed by atoms with Crippen LogP contribution in [0.4, 0.5) is 0 Å². The van der Waals surface area contributed by atoms with Crippen molar-refractivity contribution in [3.05, 3.63) is 35.9 Å². The number of hydrogen-bond acceptors (Lipinski definition) is 1. The second kappa shape index (κ2) is 5.88. The van der Waals surface area contributed by atoms with E-state index in [2.05, 4.69) is 44.3 Å². The third-order valence-corrected chi connectivity index (χ3v) is 2.18. The summed E-state index contributed by atoms with van der Waals surface area (Å²) in [7, 11) is 0. The van der Waals surface area contributed by atoms with E-state index in [1.165, 1.54) is 5.56 Å². The first-order chi connectivity index (χ1) is 6.38. The Bertz CT molecular complexity index is 288. The maximum atomic E-state index is 4.28. The zero-order valence-electron chi connectivity index (χ0n) is 7.73. The fraction of sp³-hybridized carbons (Fsp3) is 0.364. The van der Waals surface area contributed by atoms with Gasteiger partial charge in [0, 0.05) is 0 Å². The molecule has 1 nitrogen and oxygen atoms in total. The molecule has 1 unspecified atom stereocenters. The first kappa shape index (κ1) is 10.4. The summed E-state index contributed by atoms with van der Waals surface area (Å²) in [4.78, 5) is 4.28. The van der Waals surface area contributed by atoms with Crippen LogP contribution in [-0.4, -0.2) is 20.3 Å². The monoisotopic (exact) mass is 239 g/mol. The van der Waals surface area contributed by atoms with Crippen LogP contribution in [0.5, 0.6) is 0 Å². The maximum absolute atomic E-state index is 4.28. The second-order valence-corrected chi connectivity index (χ2v) is 3.32. The van der Waals surface area contributed by atoms with Crippen LogP contribution < -0.4 is 0 Å². The van der Waals surface area contributed by atoms with Gasteiger partial charge in [0.25, 0.3) is 0 Å². The average Bonchev–Trinajstić information content (AvgIpc) is 2.19. The van der Waals surface area contributed by atoms with Crippen molar-refractivity contribution in [2.45, 2.75) is 25.8 Å². The summed E-state index contributed by atoms with van der Waals surface area (Å²) < 4.78 is 2.75. The molecule has 0 amide bonds. The van der Waals surface area contributed by atoms with Crippen molar-refractivity contribution in [1.29, 1.82) is 0 Å². The molecule has 1 aromatic carbocycles. The molecule has 68 valence electrons. The zero-order valence-corrected chi connectivity index (χ0v) is 9.45. The van der Waals surface area contributed by atoms with Crippen LogP contribution in [0.15, 0.2) is 35.3 Å². The Morgan fingerprint density at radius 1 is 1.38 bits per heavy atom. The molecule has 0 spiro atoms. The Morgan fingerprint density at radius 3 is 2.62 bits per heavy atom. The van der Waals surface area contributed by atoms with E-state index in [9.17, 15) is 0 Å². The van der Waals surface area contributed by atoms with Crippen LogP contribution >= 0.6 is 0 Å². The molecule has 0 saturated carbocycles. The van der Waals surface area contributed by atoms with Crippen molar-refractivity contribution >= 4 is 20.3 Å². The van der Waals surface area contributed by atoms with Crippen LogP contribution in [0.25, 0.3) is 0 Å². The third-order valence-electron chi connectivity index (χ3n) is 1.95. The molecule has 0 aliphatic carbocycles. The average molecular weight is 238 g/mol. The van der Waals surface area contributed by atoms with Gasteiger partial charge in [0.1, 0.15) is 0 Å². The minimum absolute atomic E-state index is 0.271. The van der Waals surface area contributed by atoms with Crippen LogP contribution in [0.1, 0.15) is 31.4 Å². The predicted octanol–water partition coefficient (Wildman–Crippen LogP) is 2.60. The van der Waals surface area contributed by atoms with Gasteiger partial charge in [-0.3, -0.25) is 0 Å². The van der Waals surface area contributed by atoms with E-state index in [1.54, 1.807) is 0 Å². The summed E-state index contributed by atoms with van der Waals surface area (Å²) in [5, 5.41) is 0. The van der Waals surface area contributed by atoms with Gasteiger partial charge in [-0.05, 0) is 0 Å². The van der Waals surface area contributed by atoms with Crippen LogP contribution in [-0.2, 0) is 0 Å². The van der Waals surface area contributed by atoms with Crippen molar-refractivity contribution in [2.75, 3.05) is 0 Å². The molecule has 0 aliphatic heterocycles. The fourth-order valence-electron chi connectivity index (χ4n) is 1.32. The van der Waals surface area contributed by atoms with Gasteiger partial charge in [-0.15, -0.1) is 0 Å². The van der Waals surface area contributed by atoms with Crippen molar-refractivity contribution in [3.63, 3.8) is 0 Å². The Labute approximate surface area is 87.3 Å². The van der Waals surface area contributed by atoms with Crippen LogP contribution in [0, 0.1) is 0 Å². The van der Waals surface area contributed by atoms with Crippen LogP contribution in [0.3, 0.4) is 0 Å². The summed E-state index contributed by atoms with van der Waals surface area (Å²) in [5.41, 5.74) is 1.27. The number of hydrogen-bond donors (Lipinski definition) is 0. The van der Waals surface area contributed by atoms with Gasteiger partial charge in [0.05, 0.1) is 0 Å². The molecule has 0 aliphatic rings. The van der Waals surface area contributed by atoms with Gasteiger partial charge in [-0.25, -0.2) is 0 Å². The molecule has 1 atom stereocenters. The van der Waals surface area contributed by atoms with E-state index in [0.717, 1.165) is 12.8 Å². The van der Waals surface area contributed by atoms with E-state index in [1.807, 2.05) is 18.2 Å². The van der Waals surface area contributed by atoms with E-state index in [4.69, 9.17) is 0 Å². The van der Waals surface area contributed by atoms with Crippen molar-refractivity contribution < 1.29 is 0 Å². The Hall–Kier alpha value is -0.681. The molecule has 0 heterocycles. The Morgan fingerprint density at radius 2 is 2.08 bits per heavy atom. The normalized spacial score (nSPS) is 11.8. The first-order valence-corrected chi connectivity index (χ1v) is 5.36. The second-order valence-electron chi connectivity index (χ2n) is 2.94. The Balaban J connectivity index is 2.81. The van der Waals surface area contributed by atoms with Gasteiger partial charge in [0.15, 0.2) is 0 Å². The van der Waals surface area contributed by atoms with E-state index in [-0.39, 0.29) is 6.04 Å². The molecular formula is C11H13NSe. The molecule has 13 heavy (non-hydrogen) atoms. The van der Waals surface area contributed by atoms with Gasteiger partial charge < -0.3 is 0 Å². The van der Waals surface area contributed by atoms with Gasteiger partial charge in [-0.2, -0.15) is 0 Å². The molecular weight excluding hydrogens is 225 g/mol. The van der Waals surface area contributed by atoms with Crippen LogP contribution in [0.2, 0.25) is 0 Å². The summed E-state index contributed by atoms with van der Waals surface area (Å²) in [6.45, 7) is 2.17. The molecule has 0 fully saturated rings. The summed E-state index contributed by atoms with van der Waals surface area (Å²) in [5.74, 6) is 0. The SMILES string of the molecule is CCCC(N=C=[Se])c1ccccc1.